The summed E-state index contributed by atoms with van der Waals surface area (Å²) in [4.78, 5) is 13.5. The van der Waals surface area contributed by atoms with E-state index in [4.69, 9.17) is 5.11 Å². The van der Waals surface area contributed by atoms with Crippen molar-refractivity contribution in [1.29, 1.82) is 0 Å². The van der Waals surface area contributed by atoms with Crippen LogP contribution >= 0.6 is 0 Å². The minimum atomic E-state index is -5.22. The van der Waals surface area contributed by atoms with E-state index >= 15 is 0 Å². The van der Waals surface area contributed by atoms with Gasteiger partial charge in [-0.1, -0.05) is 13.8 Å². The first-order valence-electron chi connectivity index (χ1n) is 6.59. The molecule has 0 amide bonds. The van der Waals surface area contributed by atoms with Crippen molar-refractivity contribution in [1.82, 2.24) is 4.98 Å². The van der Waals surface area contributed by atoms with E-state index in [-0.39, 0.29) is 12.2 Å². The third kappa shape index (κ3) is 4.11. The molecule has 1 aromatic heterocycles. The van der Waals surface area contributed by atoms with E-state index in [9.17, 15) is 31.3 Å². The van der Waals surface area contributed by atoms with E-state index in [0.29, 0.717) is 6.42 Å². The summed E-state index contributed by atoms with van der Waals surface area (Å²) in [5.41, 5.74) is -4.90. The van der Waals surface area contributed by atoms with Crippen molar-refractivity contribution in [2.75, 3.05) is 5.75 Å². The predicted molar refractivity (Wildman–Crippen MR) is 72.1 cm³/mol. The average Bonchev–Trinajstić information content (AvgIpc) is 2.43. The van der Waals surface area contributed by atoms with Crippen molar-refractivity contribution < 1.29 is 36.4 Å². The maximum Gasteiger partial charge on any atom is 0.434 e. The van der Waals surface area contributed by atoms with E-state index < -0.39 is 57.2 Å². The van der Waals surface area contributed by atoms with Crippen molar-refractivity contribution in [3.8, 4) is 0 Å². The molecule has 1 heterocycles. The van der Waals surface area contributed by atoms with Gasteiger partial charge in [0.1, 0.15) is 5.75 Å². The Morgan fingerprint density at radius 1 is 1.35 bits per heavy atom. The minimum absolute atomic E-state index is 0.0845. The summed E-state index contributed by atoms with van der Waals surface area (Å²) in [6.07, 6.45) is -8.59. The van der Waals surface area contributed by atoms with E-state index in [2.05, 4.69) is 4.98 Å². The van der Waals surface area contributed by atoms with Crippen LogP contribution in [0.15, 0.2) is 4.90 Å². The van der Waals surface area contributed by atoms with Crippen LogP contribution in [0.5, 0.6) is 0 Å². The molecule has 1 N–H and O–H groups in total. The molecule has 10 heteroatoms. The lowest BCUT2D eigenvalue weighted by molar-refractivity contribution is -0.142. The molecule has 0 aliphatic heterocycles. The molecular formula is C13H14F5NO3S. The SMILES string of the molecule is CCC[S+]([O-])c1c(C(F)F)nc(C(F)(F)F)c(C(=O)O)c1CC. The van der Waals surface area contributed by atoms with Gasteiger partial charge in [0.05, 0.1) is 5.56 Å². The Hall–Kier alpha value is -1.42. The molecule has 0 aliphatic rings. The zero-order chi connectivity index (χ0) is 17.9. The van der Waals surface area contributed by atoms with Gasteiger partial charge in [-0.05, 0) is 24.0 Å². The molecule has 23 heavy (non-hydrogen) atoms. The molecule has 130 valence electrons. The first kappa shape index (κ1) is 19.6. The Kier molecular flexibility index (Phi) is 6.34. The Bertz CT molecular complexity index is 592. The van der Waals surface area contributed by atoms with Crippen LogP contribution in [0.25, 0.3) is 0 Å². The van der Waals surface area contributed by atoms with Gasteiger partial charge in [0.25, 0.3) is 6.43 Å². The maximum absolute atomic E-state index is 13.1. The van der Waals surface area contributed by atoms with Crippen LogP contribution in [0.2, 0.25) is 0 Å². The van der Waals surface area contributed by atoms with Gasteiger partial charge in [-0.3, -0.25) is 0 Å². The van der Waals surface area contributed by atoms with Gasteiger partial charge in [0.2, 0.25) is 0 Å². The highest BCUT2D eigenvalue weighted by Gasteiger charge is 2.43. The predicted octanol–water partition coefficient (Wildman–Crippen LogP) is 3.82. The first-order chi connectivity index (χ1) is 10.6. The molecule has 0 saturated heterocycles. The van der Waals surface area contributed by atoms with Gasteiger partial charge in [-0.25, -0.2) is 18.6 Å². The number of nitrogens with zero attached hydrogens (tertiary/aromatic N) is 1. The fourth-order valence-corrected chi connectivity index (χ4v) is 3.56. The Morgan fingerprint density at radius 3 is 2.26 bits per heavy atom. The summed E-state index contributed by atoms with van der Waals surface area (Å²) in [7, 11) is 0. The highest BCUT2D eigenvalue weighted by Crippen LogP contribution is 2.38. The summed E-state index contributed by atoms with van der Waals surface area (Å²) in [5, 5.41) is 9.08. The molecule has 0 aromatic carbocycles. The molecule has 1 aromatic rings. The number of rotatable bonds is 6. The van der Waals surface area contributed by atoms with E-state index in [0.717, 1.165) is 0 Å². The lowest BCUT2D eigenvalue weighted by atomic mass is 10.0. The second-order valence-corrected chi connectivity index (χ2v) is 6.04. The fraction of sp³-hybridized carbons (Fsp3) is 0.538. The van der Waals surface area contributed by atoms with Crippen LogP contribution in [-0.4, -0.2) is 26.4 Å². The minimum Gasteiger partial charge on any atom is -0.611 e. The molecule has 1 unspecified atom stereocenters. The molecule has 4 nitrogen and oxygen atoms in total. The molecule has 0 radical (unpaired) electrons. The highest BCUT2D eigenvalue weighted by atomic mass is 32.2. The lowest BCUT2D eigenvalue weighted by Crippen LogP contribution is -2.24. The number of alkyl halides is 5. The summed E-state index contributed by atoms with van der Waals surface area (Å²) < 4.78 is 77.4. The Balaban J connectivity index is 3.88. The zero-order valence-corrected chi connectivity index (χ0v) is 13.0. The van der Waals surface area contributed by atoms with Crippen LogP contribution in [0.3, 0.4) is 0 Å². The highest BCUT2D eigenvalue weighted by molar-refractivity contribution is 7.91. The number of aromatic nitrogens is 1. The molecular weight excluding hydrogens is 345 g/mol. The average molecular weight is 359 g/mol. The number of carboxylic acids is 1. The number of hydrogen-bond donors (Lipinski definition) is 1. The van der Waals surface area contributed by atoms with Crippen LogP contribution in [0, 0.1) is 0 Å². The first-order valence-corrected chi connectivity index (χ1v) is 7.91. The van der Waals surface area contributed by atoms with Gasteiger partial charge < -0.3 is 9.66 Å². The number of halogens is 5. The van der Waals surface area contributed by atoms with Crippen molar-refractivity contribution >= 4 is 17.1 Å². The van der Waals surface area contributed by atoms with Gasteiger partial charge in [-0.15, -0.1) is 0 Å². The van der Waals surface area contributed by atoms with Crippen molar-refractivity contribution in [2.24, 2.45) is 0 Å². The third-order valence-corrected chi connectivity index (χ3v) is 4.63. The Labute approximate surface area is 131 Å². The lowest BCUT2D eigenvalue weighted by Gasteiger charge is -2.20. The number of carboxylic acid groups (broad SMARTS) is 1. The number of carbonyl (C=O) groups is 1. The van der Waals surface area contributed by atoms with Crippen LogP contribution in [0.1, 0.15) is 54.0 Å². The Morgan fingerprint density at radius 2 is 1.91 bits per heavy atom. The maximum atomic E-state index is 13.1. The topological polar surface area (TPSA) is 73.2 Å². The van der Waals surface area contributed by atoms with Gasteiger partial charge >= 0.3 is 12.1 Å². The smallest absolute Gasteiger partial charge is 0.434 e. The molecule has 0 bridgehead atoms. The van der Waals surface area contributed by atoms with Crippen molar-refractivity contribution in [3.63, 3.8) is 0 Å². The zero-order valence-electron chi connectivity index (χ0n) is 12.2. The molecule has 0 aliphatic carbocycles. The van der Waals surface area contributed by atoms with Gasteiger partial charge in [0, 0.05) is 5.56 Å². The second kappa shape index (κ2) is 7.43. The van der Waals surface area contributed by atoms with E-state index in [1.807, 2.05) is 0 Å². The largest absolute Gasteiger partial charge is 0.611 e. The number of hydrogen-bond acceptors (Lipinski definition) is 3. The van der Waals surface area contributed by atoms with Gasteiger partial charge in [-0.2, -0.15) is 13.2 Å². The molecule has 0 saturated carbocycles. The second-order valence-electron chi connectivity index (χ2n) is 4.54. The van der Waals surface area contributed by atoms with E-state index in [1.54, 1.807) is 6.92 Å². The quantitative estimate of drug-likeness (QED) is 0.619. The van der Waals surface area contributed by atoms with Crippen LogP contribution < -0.4 is 0 Å². The monoisotopic (exact) mass is 359 g/mol. The summed E-state index contributed by atoms with van der Waals surface area (Å²) in [6, 6.07) is 0. The van der Waals surface area contributed by atoms with Crippen LogP contribution in [-0.2, 0) is 23.8 Å². The summed E-state index contributed by atoms with van der Waals surface area (Å²) >= 11 is -2.06. The molecule has 0 fully saturated rings. The van der Waals surface area contributed by atoms with Gasteiger partial charge in [0.15, 0.2) is 16.3 Å². The molecule has 1 rings (SSSR count). The molecule has 1 atom stereocenters. The van der Waals surface area contributed by atoms with Crippen molar-refractivity contribution in [3.05, 3.63) is 22.5 Å². The van der Waals surface area contributed by atoms with E-state index in [1.165, 1.54) is 6.92 Å². The number of pyridine rings is 1. The standard InChI is InChI=1S/C13H14F5NO3S/c1-3-5-23(22)9-6(4-2)7(12(20)21)10(13(16,17)18)19-8(9)11(14)15/h11H,3-5H2,1-2H3,(H,20,21). The third-order valence-electron chi connectivity index (χ3n) is 2.94. The van der Waals surface area contributed by atoms with Crippen LogP contribution in [0.4, 0.5) is 22.0 Å². The summed E-state index contributed by atoms with van der Waals surface area (Å²) in [5.74, 6) is -2.03. The summed E-state index contributed by atoms with van der Waals surface area (Å²) in [6.45, 7) is 2.92. The normalized spacial score (nSPS) is 13.4. The molecule has 0 spiro atoms. The fourth-order valence-electron chi connectivity index (χ4n) is 2.10. The number of aromatic carboxylic acids is 1. The van der Waals surface area contributed by atoms with Crippen molar-refractivity contribution in [2.45, 2.75) is 44.2 Å².